The van der Waals surface area contributed by atoms with Gasteiger partial charge in [0.05, 0.1) is 12.1 Å². The van der Waals surface area contributed by atoms with E-state index in [4.69, 9.17) is 10.9 Å². The molecule has 0 unspecified atom stereocenters. The Morgan fingerprint density at radius 2 is 2.20 bits per heavy atom. The molecule has 20 heavy (non-hydrogen) atoms. The van der Waals surface area contributed by atoms with Crippen LogP contribution in [0.2, 0.25) is 0 Å². The summed E-state index contributed by atoms with van der Waals surface area (Å²) in [5.74, 6) is 0.223. The maximum atomic E-state index is 8.70. The predicted octanol–water partition coefficient (Wildman–Crippen LogP) is 2.19. The summed E-state index contributed by atoms with van der Waals surface area (Å²) in [6, 6.07) is 10.5. The van der Waals surface area contributed by atoms with E-state index in [0.29, 0.717) is 12.6 Å². The van der Waals surface area contributed by atoms with Crippen LogP contribution in [0.3, 0.4) is 0 Å². The van der Waals surface area contributed by atoms with Crippen LogP contribution in [0.1, 0.15) is 19.4 Å². The van der Waals surface area contributed by atoms with Crippen molar-refractivity contribution in [2.75, 3.05) is 6.54 Å². The third-order valence-electron chi connectivity index (χ3n) is 3.28. The molecule has 5 heteroatoms. The molecule has 0 aliphatic heterocycles. The molecule has 0 bridgehead atoms. The maximum Gasteiger partial charge on any atom is 0.153 e. The Hall–Kier alpha value is -2.14. The van der Waals surface area contributed by atoms with E-state index in [-0.39, 0.29) is 5.84 Å². The van der Waals surface area contributed by atoms with Crippen LogP contribution in [0.15, 0.2) is 41.7 Å². The van der Waals surface area contributed by atoms with E-state index < -0.39 is 0 Å². The molecule has 0 aliphatic rings. The lowest BCUT2D eigenvalue weighted by Crippen LogP contribution is -2.38. The Kier molecular flexibility index (Phi) is 4.53. The lowest BCUT2D eigenvalue weighted by atomic mass is 10.1. The fourth-order valence-corrected chi connectivity index (χ4v) is 2.12. The van der Waals surface area contributed by atoms with E-state index in [1.165, 1.54) is 5.56 Å². The summed E-state index contributed by atoms with van der Waals surface area (Å²) in [6.45, 7) is 5.37. The van der Waals surface area contributed by atoms with Crippen LogP contribution in [0.25, 0.3) is 10.9 Å². The van der Waals surface area contributed by atoms with E-state index in [9.17, 15) is 0 Å². The summed E-state index contributed by atoms with van der Waals surface area (Å²) < 4.78 is 0. The highest BCUT2D eigenvalue weighted by Gasteiger charge is 2.12. The molecule has 0 fully saturated rings. The van der Waals surface area contributed by atoms with E-state index in [1.54, 1.807) is 6.20 Å². The minimum Gasteiger partial charge on any atom is -0.409 e. The third-order valence-corrected chi connectivity index (χ3v) is 3.28. The summed E-state index contributed by atoms with van der Waals surface area (Å²) in [7, 11) is 0. The first-order valence-electron chi connectivity index (χ1n) is 6.64. The van der Waals surface area contributed by atoms with Crippen LogP contribution in [0, 0.1) is 0 Å². The van der Waals surface area contributed by atoms with Gasteiger partial charge in [-0.2, -0.15) is 0 Å². The molecule has 3 N–H and O–H groups in total. The summed E-state index contributed by atoms with van der Waals surface area (Å²) in [5.41, 5.74) is 7.78. The van der Waals surface area contributed by atoms with Crippen LogP contribution in [-0.2, 0) is 6.54 Å². The molecule has 5 nitrogen and oxygen atoms in total. The smallest absolute Gasteiger partial charge is 0.153 e. The van der Waals surface area contributed by atoms with Crippen LogP contribution in [0.4, 0.5) is 0 Å². The van der Waals surface area contributed by atoms with Gasteiger partial charge < -0.3 is 10.9 Å². The van der Waals surface area contributed by atoms with Crippen molar-refractivity contribution in [2.24, 2.45) is 10.9 Å². The molecule has 1 heterocycles. The zero-order valence-electron chi connectivity index (χ0n) is 11.8. The molecule has 0 saturated carbocycles. The molecule has 106 valence electrons. The molecule has 2 rings (SSSR count). The molecule has 1 aromatic heterocycles. The summed E-state index contributed by atoms with van der Waals surface area (Å²) >= 11 is 0. The van der Waals surface area contributed by atoms with Crippen molar-refractivity contribution in [1.29, 1.82) is 0 Å². The number of nitrogens with two attached hydrogens (primary N) is 1. The first kappa shape index (κ1) is 14.3. The van der Waals surface area contributed by atoms with Gasteiger partial charge in [-0.05, 0) is 37.6 Å². The zero-order chi connectivity index (χ0) is 14.5. The molecular weight excluding hydrogens is 252 g/mol. The largest absolute Gasteiger partial charge is 0.409 e. The van der Waals surface area contributed by atoms with Gasteiger partial charge in [0.25, 0.3) is 0 Å². The summed E-state index contributed by atoms with van der Waals surface area (Å²) in [4.78, 5) is 6.46. The summed E-state index contributed by atoms with van der Waals surface area (Å²) in [5, 5.41) is 12.9. The van der Waals surface area contributed by atoms with Gasteiger partial charge in [0.1, 0.15) is 0 Å². The van der Waals surface area contributed by atoms with Gasteiger partial charge in [0, 0.05) is 24.2 Å². The van der Waals surface area contributed by atoms with Crippen LogP contribution >= 0.6 is 0 Å². The van der Waals surface area contributed by atoms with Gasteiger partial charge in [0.2, 0.25) is 0 Å². The standard InChI is InChI=1S/C15H20N4O/c1-11(2)19(10-15(16)18-20)9-12-5-6-14-13(8-12)4-3-7-17-14/h3-8,11,20H,9-10H2,1-2H3,(H2,16,18). The molecule has 0 aliphatic carbocycles. The second-order valence-corrected chi connectivity index (χ2v) is 5.12. The lowest BCUT2D eigenvalue weighted by Gasteiger charge is -2.25. The first-order chi connectivity index (χ1) is 9.60. The van der Waals surface area contributed by atoms with Gasteiger partial charge in [-0.3, -0.25) is 9.88 Å². The number of amidine groups is 1. The van der Waals surface area contributed by atoms with E-state index >= 15 is 0 Å². The molecule has 0 amide bonds. The highest BCUT2D eigenvalue weighted by Crippen LogP contribution is 2.15. The maximum absolute atomic E-state index is 8.70. The van der Waals surface area contributed by atoms with E-state index in [0.717, 1.165) is 17.4 Å². The molecule has 0 spiro atoms. The van der Waals surface area contributed by atoms with Gasteiger partial charge in [-0.15, -0.1) is 0 Å². The second-order valence-electron chi connectivity index (χ2n) is 5.12. The van der Waals surface area contributed by atoms with Crippen molar-refractivity contribution in [3.05, 3.63) is 42.1 Å². The Balaban J connectivity index is 2.19. The average Bonchev–Trinajstić information content (AvgIpc) is 2.46. The number of aromatic nitrogens is 1. The van der Waals surface area contributed by atoms with Crippen molar-refractivity contribution in [3.63, 3.8) is 0 Å². The number of oxime groups is 1. The van der Waals surface area contributed by atoms with Crippen molar-refractivity contribution >= 4 is 16.7 Å². The number of benzene rings is 1. The van der Waals surface area contributed by atoms with Crippen molar-refractivity contribution in [3.8, 4) is 0 Å². The monoisotopic (exact) mass is 272 g/mol. The highest BCUT2D eigenvalue weighted by atomic mass is 16.4. The lowest BCUT2D eigenvalue weighted by molar-refractivity contribution is 0.238. The minimum absolute atomic E-state index is 0.223. The number of fused-ring (bicyclic) bond motifs is 1. The zero-order valence-corrected chi connectivity index (χ0v) is 11.8. The predicted molar refractivity (Wildman–Crippen MR) is 80.7 cm³/mol. The van der Waals surface area contributed by atoms with Crippen molar-refractivity contribution in [1.82, 2.24) is 9.88 Å². The number of hydrogen-bond donors (Lipinski definition) is 2. The van der Waals surface area contributed by atoms with Crippen LogP contribution < -0.4 is 5.73 Å². The number of rotatable bonds is 5. The number of hydrogen-bond acceptors (Lipinski definition) is 4. The van der Waals surface area contributed by atoms with E-state index in [1.807, 2.05) is 12.1 Å². The van der Waals surface area contributed by atoms with Crippen molar-refractivity contribution < 1.29 is 5.21 Å². The molecule has 0 atom stereocenters. The van der Waals surface area contributed by atoms with Crippen LogP contribution in [-0.4, -0.2) is 33.5 Å². The molecular formula is C15H20N4O. The van der Waals surface area contributed by atoms with Gasteiger partial charge >= 0.3 is 0 Å². The molecule has 1 aromatic carbocycles. The quantitative estimate of drug-likeness (QED) is 0.379. The van der Waals surface area contributed by atoms with E-state index in [2.05, 4.69) is 47.1 Å². The normalized spacial score (nSPS) is 12.5. The minimum atomic E-state index is 0.223. The van der Waals surface area contributed by atoms with Gasteiger partial charge in [0.15, 0.2) is 5.84 Å². The molecule has 0 radical (unpaired) electrons. The van der Waals surface area contributed by atoms with Gasteiger partial charge in [-0.1, -0.05) is 17.3 Å². The third kappa shape index (κ3) is 3.45. The van der Waals surface area contributed by atoms with Crippen LogP contribution in [0.5, 0.6) is 0 Å². The number of pyridine rings is 1. The SMILES string of the molecule is CC(C)N(CC(N)=NO)Cc1ccc2ncccc2c1. The summed E-state index contributed by atoms with van der Waals surface area (Å²) in [6.07, 6.45) is 1.79. The fourth-order valence-electron chi connectivity index (χ4n) is 2.12. The Labute approximate surface area is 118 Å². The number of nitrogens with zero attached hydrogens (tertiary/aromatic N) is 3. The Morgan fingerprint density at radius 1 is 1.40 bits per heavy atom. The topological polar surface area (TPSA) is 74.7 Å². The molecule has 2 aromatic rings. The van der Waals surface area contributed by atoms with Crippen molar-refractivity contribution in [2.45, 2.75) is 26.4 Å². The Morgan fingerprint density at radius 3 is 2.90 bits per heavy atom. The highest BCUT2D eigenvalue weighted by molar-refractivity contribution is 5.81. The average molecular weight is 272 g/mol. The van der Waals surface area contributed by atoms with Gasteiger partial charge in [-0.25, -0.2) is 0 Å². The first-order valence-corrected chi connectivity index (χ1v) is 6.64. The Bertz CT molecular complexity index is 610. The second kappa shape index (κ2) is 6.34. The molecule has 0 saturated heterocycles. The fraction of sp³-hybridized carbons (Fsp3) is 0.333.